The van der Waals surface area contributed by atoms with Gasteiger partial charge in [0.25, 0.3) is 7.82 Å². The molecule has 326 valence electrons. The Hall–Kier alpha value is -0.110. The number of likely N-dealkylation sites (N-methyl/N-ethyl adjacent to an activating group) is 1. The summed E-state index contributed by atoms with van der Waals surface area (Å²) in [4.78, 5) is 48.3. The smallest absolute Gasteiger partial charge is 0.756 e. The van der Waals surface area contributed by atoms with Crippen molar-refractivity contribution in [3.63, 3.8) is 0 Å². The SMILES string of the molecule is CCCCCCCCCCCCCCCC(=O)OCC(COP(=O)([O-])OCC[N+](C)(C)C)OC(=O)CCCCCCCC1OOOC1CCCCCCCC.[Na+]. The van der Waals surface area contributed by atoms with Crippen LogP contribution in [0.25, 0.3) is 0 Å². The summed E-state index contributed by atoms with van der Waals surface area (Å²) in [6, 6.07) is 0. The fourth-order valence-electron chi connectivity index (χ4n) is 6.53. The first-order valence-corrected chi connectivity index (χ1v) is 23.7. The molecule has 0 aromatic heterocycles. The number of unbranched alkanes of at least 4 members (excludes halogenated alkanes) is 21. The Morgan fingerprint density at radius 2 is 1.02 bits per heavy atom. The molecule has 0 radical (unpaired) electrons. The van der Waals surface area contributed by atoms with Crippen LogP contribution < -0.4 is 34.5 Å². The van der Waals surface area contributed by atoms with Crippen LogP contribution in [-0.2, 0) is 47.5 Å². The Kier molecular flexibility index (Phi) is 36.6. The van der Waals surface area contributed by atoms with Crippen LogP contribution >= 0.6 is 7.82 Å². The number of carbonyl (C=O) groups excluding carboxylic acids is 2. The van der Waals surface area contributed by atoms with E-state index in [-0.39, 0.29) is 67.8 Å². The Morgan fingerprint density at radius 3 is 1.46 bits per heavy atom. The number of hydrogen-bond acceptors (Lipinski definition) is 11. The van der Waals surface area contributed by atoms with E-state index in [0.717, 1.165) is 64.2 Å². The molecule has 1 aliphatic heterocycles. The van der Waals surface area contributed by atoms with Gasteiger partial charge in [0.15, 0.2) is 6.10 Å². The van der Waals surface area contributed by atoms with Crippen molar-refractivity contribution < 1.29 is 86.4 Å². The zero-order chi connectivity index (χ0) is 40.5. The topological polar surface area (TPSA) is 139 Å². The predicted molar refractivity (Wildman–Crippen MR) is 215 cm³/mol. The van der Waals surface area contributed by atoms with Crippen LogP contribution in [0.1, 0.15) is 194 Å². The minimum Gasteiger partial charge on any atom is -0.756 e. The molecule has 1 fully saturated rings. The number of quaternary nitrogens is 1. The number of ether oxygens (including phenoxy) is 2. The monoisotopic (exact) mass is 831 g/mol. The van der Waals surface area contributed by atoms with Crippen molar-refractivity contribution in [2.75, 3.05) is 47.5 Å². The van der Waals surface area contributed by atoms with E-state index >= 15 is 0 Å². The van der Waals surface area contributed by atoms with E-state index in [0.29, 0.717) is 17.4 Å². The second-order valence-corrected chi connectivity index (χ2v) is 18.0. The molecule has 1 heterocycles. The van der Waals surface area contributed by atoms with Gasteiger partial charge in [0.2, 0.25) is 0 Å². The molecule has 1 rings (SSSR count). The minimum atomic E-state index is -4.64. The Morgan fingerprint density at radius 1 is 0.607 bits per heavy atom. The van der Waals surface area contributed by atoms with Gasteiger partial charge in [-0.2, -0.15) is 9.78 Å². The quantitative estimate of drug-likeness (QED) is 0.0155. The van der Waals surface area contributed by atoms with Gasteiger partial charge in [0, 0.05) is 12.8 Å². The standard InChI is InChI=1S/C42H82NO11P.Na/c1-6-8-10-12-14-15-16-17-18-19-20-24-28-32-41(44)48-36-38(37-50-55(46,47)49-35-34-43(3,4)5)51-42(45)33-29-25-21-23-27-31-40-39(52-54-53-40)30-26-22-13-11-9-7-2;/h38-40H,6-37H2,1-5H3;/q;+1. The van der Waals surface area contributed by atoms with Gasteiger partial charge < -0.3 is 27.9 Å². The van der Waals surface area contributed by atoms with Gasteiger partial charge >= 0.3 is 41.5 Å². The van der Waals surface area contributed by atoms with Gasteiger partial charge in [-0.1, -0.05) is 160 Å². The first kappa shape index (κ1) is 55.9. The zero-order valence-electron chi connectivity index (χ0n) is 36.7. The van der Waals surface area contributed by atoms with Crippen molar-refractivity contribution in [3.05, 3.63) is 0 Å². The van der Waals surface area contributed by atoms with Crippen LogP contribution in [0.4, 0.5) is 0 Å². The van der Waals surface area contributed by atoms with Crippen molar-refractivity contribution >= 4 is 19.8 Å². The molecular weight excluding hydrogens is 748 g/mol. The van der Waals surface area contributed by atoms with Crippen LogP contribution in [0.2, 0.25) is 0 Å². The summed E-state index contributed by atoms with van der Waals surface area (Å²) in [7, 11) is 1.12. The first-order chi connectivity index (χ1) is 26.5. The Labute approximate surface area is 363 Å². The third-order valence-corrected chi connectivity index (χ3v) is 11.1. The van der Waals surface area contributed by atoms with Gasteiger partial charge in [0.1, 0.15) is 32.0 Å². The van der Waals surface area contributed by atoms with Gasteiger partial charge in [0.05, 0.1) is 27.7 Å². The molecule has 1 aliphatic rings. The van der Waals surface area contributed by atoms with E-state index in [4.69, 9.17) is 33.3 Å². The fraction of sp³-hybridized carbons (Fsp3) is 0.952. The van der Waals surface area contributed by atoms with Crippen LogP contribution in [-0.4, -0.2) is 82.2 Å². The third-order valence-electron chi connectivity index (χ3n) is 10.1. The maximum atomic E-state index is 12.7. The average Bonchev–Trinajstić information content (AvgIpc) is 3.58. The molecule has 0 aromatic carbocycles. The maximum Gasteiger partial charge on any atom is 1.00 e. The molecule has 0 saturated carbocycles. The zero-order valence-corrected chi connectivity index (χ0v) is 39.6. The van der Waals surface area contributed by atoms with Crippen LogP contribution in [0.5, 0.6) is 0 Å². The largest absolute Gasteiger partial charge is 1.00 e. The van der Waals surface area contributed by atoms with E-state index in [9.17, 15) is 19.0 Å². The molecule has 1 saturated heterocycles. The van der Waals surface area contributed by atoms with Gasteiger partial charge in [-0.25, -0.2) is 0 Å². The van der Waals surface area contributed by atoms with Crippen molar-refractivity contribution in [2.24, 2.45) is 0 Å². The molecule has 12 nitrogen and oxygen atoms in total. The number of rotatable bonds is 39. The third kappa shape index (κ3) is 34.7. The van der Waals surface area contributed by atoms with Crippen molar-refractivity contribution in [1.29, 1.82) is 0 Å². The predicted octanol–water partition coefficient (Wildman–Crippen LogP) is 7.25. The second kappa shape index (κ2) is 36.7. The summed E-state index contributed by atoms with van der Waals surface area (Å²) in [6.45, 7) is 4.12. The number of nitrogens with zero attached hydrogens (tertiary/aromatic N) is 1. The molecule has 0 N–H and O–H groups in total. The van der Waals surface area contributed by atoms with Crippen molar-refractivity contribution in [1.82, 2.24) is 0 Å². The molecule has 0 aliphatic carbocycles. The number of carbonyl (C=O) groups is 2. The van der Waals surface area contributed by atoms with E-state index in [1.807, 2.05) is 21.1 Å². The molecule has 0 aromatic rings. The summed E-state index contributed by atoms with van der Waals surface area (Å²) in [6.07, 6.45) is 28.7. The summed E-state index contributed by atoms with van der Waals surface area (Å²) >= 11 is 0. The van der Waals surface area contributed by atoms with E-state index in [2.05, 4.69) is 13.8 Å². The number of phosphoric acid groups is 1. The number of phosphoric ester groups is 1. The van der Waals surface area contributed by atoms with Gasteiger partial charge in [-0.3, -0.25) is 14.2 Å². The van der Waals surface area contributed by atoms with Gasteiger partial charge in [-0.05, 0) is 25.7 Å². The first-order valence-electron chi connectivity index (χ1n) is 22.2. The summed E-state index contributed by atoms with van der Waals surface area (Å²) in [5.74, 6) is -0.887. The van der Waals surface area contributed by atoms with Crippen LogP contribution in [0.15, 0.2) is 0 Å². The van der Waals surface area contributed by atoms with Crippen molar-refractivity contribution in [2.45, 2.75) is 212 Å². The summed E-state index contributed by atoms with van der Waals surface area (Å²) in [5, 5.41) is 4.84. The Bertz CT molecular complexity index is 987. The second-order valence-electron chi connectivity index (χ2n) is 16.6. The van der Waals surface area contributed by atoms with E-state index in [1.54, 1.807) is 0 Å². The summed E-state index contributed by atoms with van der Waals surface area (Å²) in [5.41, 5.74) is 0. The molecule has 0 amide bonds. The van der Waals surface area contributed by atoms with E-state index < -0.39 is 32.5 Å². The number of esters is 2. The number of hydrogen-bond donors (Lipinski definition) is 0. The molecular formula is C42H82NNaO11P+. The average molecular weight is 831 g/mol. The molecule has 0 bridgehead atoms. The van der Waals surface area contributed by atoms with E-state index in [1.165, 1.54) is 96.3 Å². The maximum absolute atomic E-state index is 12.7. The fourth-order valence-corrected chi connectivity index (χ4v) is 7.26. The molecule has 4 unspecified atom stereocenters. The van der Waals surface area contributed by atoms with Crippen LogP contribution in [0, 0.1) is 0 Å². The molecule has 4 atom stereocenters. The van der Waals surface area contributed by atoms with Crippen molar-refractivity contribution in [3.8, 4) is 0 Å². The minimum absolute atomic E-state index is 0. The molecule has 56 heavy (non-hydrogen) atoms. The molecule has 14 heteroatoms. The van der Waals surface area contributed by atoms with Gasteiger partial charge in [-0.15, -0.1) is 0 Å². The normalized spacial score (nSPS) is 17.3. The van der Waals surface area contributed by atoms with Crippen LogP contribution in [0.3, 0.4) is 0 Å². The Balaban J connectivity index is 0.0000302. The summed E-state index contributed by atoms with van der Waals surface area (Å²) < 4.78 is 33.9. The molecule has 0 spiro atoms.